The van der Waals surface area contributed by atoms with E-state index in [-0.39, 0.29) is 27.4 Å². The molecule has 12 heteroatoms. The van der Waals surface area contributed by atoms with Gasteiger partial charge in [-0.05, 0) is 19.1 Å². The Balaban J connectivity index is 2.54. The molecular weight excluding hydrogens is 438 g/mol. The lowest BCUT2D eigenvalue weighted by atomic mass is 10.2. The molecule has 0 bridgehead atoms. The monoisotopic (exact) mass is 449 g/mol. The number of aromatic nitrogens is 2. The number of nitrogens with zero attached hydrogens (tertiary/aromatic N) is 3. The lowest BCUT2D eigenvalue weighted by Crippen LogP contribution is -2.23. The van der Waals surface area contributed by atoms with Crippen LogP contribution in [0.4, 0.5) is 13.2 Å². The maximum atomic E-state index is 13.3. The molecule has 0 saturated heterocycles. The van der Waals surface area contributed by atoms with Gasteiger partial charge in [0.25, 0.3) is 0 Å². The molecule has 0 radical (unpaired) electrons. The maximum absolute atomic E-state index is 13.3. The predicted octanol–water partition coefficient (Wildman–Crippen LogP) is 4.93. The van der Waals surface area contributed by atoms with Crippen molar-refractivity contribution < 1.29 is 32.5 Å². The molecular formula is C17H12Cl2F3N3O4. The summed E-state index contributed by atoms with van der Waals surface area (Å²) in [6.07, 6.45) is -4.32. The average molecular weight is 450 g/mol. The van der Waals surface area contributed by atoms with Gasteiger partial charge in [0.1, 0.15) is 5.75 Å². The van der Waals surface area contributed by atoms with Gasteiger partial charge in [-0.2, -0.15) is 23.5 Å². The number of aliphatic carboxylic acids is 1. The van der Waals surface area contributed by atoms with Gasteiger partial charge in [0.05, 0.1) is 21.7 Å². The Morgan fingerprint density at radius 3 is 2.52 bits per heavy atom. The predicted molar refractivity (Wildman–Crippen MR) is 97.1 cm³/mol. The molecule has 0 saturated carbocycles. The van der Waals surface area contributed by atoms with Crippen LogP contribution in [0.15, 0.2) is 18.2 Å². The SMILES string of the molecule is C[C@H](Oc1cc(Oc2c(/C=C/C#N)c(C(F)(F)F)nn2C)c(Cl)cc1Cl)C(=O)O. The third-order valence-electron chi connectivity index (χ3n) is 3.47. The van der Waals surface area contributed by atoms with Gasteiger partial charge < -0.3 is 14.6 Å². The van der Waals surface area contributed by atoms with Gasteiger partial charge in [-0.3, -0.25) is 0 Å². The molecule has 1 heterocycles. The van der Waals surface area contributed by atoms with Crippen molar-refractivity contribution >= 4 is 35.2 Å². The van der Waals surface area contributed by atoms with Gasteiger partial charge in [-0.25, -0.2) is 9.48 Å². The van der Waals surface area contributed by atoms with E-state index in [2.05, 4.69) is 5.10 Å². The van der Waals surface area contributed by atoms with Crippen molar-refractivity contribution in [2.75, 3.05) is 0 Å². The van der Waals surface area contributed by atoms with Gasteiger partial charge in [-0.15, -0.1) is 0 Å². The molecule has 0 aliphatic rings. The Labute approximate surface area is 172 Å². The average Bonchev–Trinajstić information content (AvgIpc) is 2.93. The fourth-order valence-corrected chi connectivity index (χ4v) is 2.62. The first kappa shape index (κ1) is 22.4. The van der Waals surface area contributed by atoms with E-state index in [4.69, 9.17) is 43.0 Å². The number of hydrogen-bond donors (Lipinski definition) is 1. The molecule has 0 unspecified atom stereocenters. The third-order valence-corrected chi connectivity index (χ3v) is 4.06. The molecule has 1 aromatic carbocycles. The molecule has 2 aromatic rings. The minimum atomic E-state index is -4.80. The number of hydrogen-bond acceptors (Lipinski definition) is 5. The summed E-state index contributed by atoms with van der Waals surface area (Å²) in [4.78, 5) is 11.0. The van der Waals surface area contributed by atoms with Crippen molar-refractivity contribution in [2.45, 2.75) is 19.2 Å². The second kappa shape index (κ2) is 8.63. The quantitative estimate of drug-likeness (QED) is 0.628. The van der Waals surface area contributed by atoms with E-state index in [9.17, 15) is 18.0 Å². The number of aryl methyl sites for hydroxylation is 1. The molecule has 1 atom stereocenters. The summed E-state index contributed by atoms with van der Waals surface area (Å²) in [6, 6.07) is 3.93. The first-order valence-corrected chi connectivity index (χ1v) is 8.48. The fourth-order valence-electron chi connectivity index (χ4n) is 2.15. The van der Waals surface area contributed by atoms with Crippen LogP contribution in [0.25, 0.3) is 6.08 Å². The smallest absolute Gasteiger partial charge is 0.435 e. The van der Waals surface area contributed by atoms with Crippen molar-refractivity contribution in [3.63, 3.8) is 0 Å². The molecule has 2 rings (SSSR count). The molecule has 0 spiro atoms. The van der Waals surface area contributed by atoms with Crippen molar-refractivity contribution in [3.05, 3.63) is 39.5 Å². The molecule has 154 valence electrons. The van der Waals surface area contributed by atoms with E-state index in [1.165, 1.54) is 20.0 Å². The first-order valence-electron chi connectivity index (χ1n) is 7.72. The summed E-state index contributed by atoms with van der Waals surface area (Å²) in [7, 11) is 1.21. The van der Waals surface area contributed by atoms with Gasteiger partial charge in [0.2, 0.25) is 5.88 Å². The van der Waals surface area contributed by atoms with Gasteiger partial charge in [0, 0.05) is 19.2 Å². The second-order valence-corrected chi connectivity index (χ2v) is 6.38. The van der Waals surface area contributed by atoms with Gasteiger partial charge in [-0.1, -0.05) is 23.2 Å². The lowest BCUT2D eigenvalue weighted by Gasteiger charge is -2.15. The Morgan fingerprint density at radius 1 is 1.34 bits per heavy atom. The molecule has 0 fully saturated rings. The molecule has 0 amide bonds. The highest BCUT2D eigenvalue weighted by atomic mass is 35.5. The van der Waals surface area contributed by atoms with Crippen LogP contribution in [0.2, 0.25) is 10.0 Å². The number of carbonyl (C=O) groups is 1. The van der Waals surface area contributed by atoms with E-state index in [0.717, 1.165) is 22.9 Å². The molecule has 1 aromatic heterocycles. The molecule has 1 N–H and O–H groups in total. The standard InChI is InChI=1S/C17H12Cl2F3N3O4/c1-8(16(26)27)28-12-7-13(11(19)6-10(12)18)29-15-9(4-3-5-23)14(17(20,21)22)24-25(15)2/h3-4,6-8H,1-2H3,(H,26,27)/b4-3+/t8-/m0/s1. The van der Waals surface area contributed by atoms with Crippen LogP contribution in [0.1, 0.15) is 18.2 Å². The number of allylic oxidation sites excluding steroid dienone is 1. The van der Waals surface area contributed by atoms with Crippen LogP contribution < -0.4 is 9.47 Å². The number of carboxylic acid groups (broad SMARTS) is 1. The van der Waals surface area contributed by atoms with E-state index in [1.54, 1.807) is 6.07 Å². The zero-order chi connectivity index (χ0) is 21.9. The van der Waals surface area contributed by atoms with Crippen LogP contribution in [0.5, 0.6) is 17.4 Å². The number of nitriles is 1. The van der Waals surface area contributed by atoms with Crippen LogP contribution in [0.3, 0.4) is 0 Å². The van der Waals surface area contributed by atoms with Gasteiger partial charge >= 0.3 is 12.1 Å². The number of rotatable bonds is 6. The zero-order valence-electron chi connectivity index (χ0n) is 14.8. The maximum Gasteiger partial charge on any atom is 0.435 e. The van der Waals surface area contributed by atoms with Crippen molar-refractivity contribution in [2.24, 2.45) is 7.05 Å². The Morgan fingerprint density at radius 2 is 1.97 bits per heavy atom. The molecule has 0 aliphatic heterocycles. The molecule has 0 aliphatic carbocycles. The summed E-state index contributed by atoms with van der Waals surface area (Å²) >= 11 is 12.0. The van der Waals surface area contributed by atoms with Crippen LogP contribution in [-0.4, -0.2) is 27.0 Å². The normalized spacial score (nSPS) is 12.6. The number of alkyl halides is 3. The summed E-state index contributed by atoms with van der Waals surface area (Å²) in [6.45, 7) is 1.26. The minimum absolute atomic E-state index is 0.0268. The summed E-state index contributed by atoms with van der Waals surface area (Å²) < 4.78 is 51.3. The van der Waals surface area contributed by atoms with E-state index < -0.39 is 29.5 Å². The van der Waals surface area contributed by atoms with E-state index >= 15 is 0 Å². The van der Waals surface area contributed by atoms with Crippen molar-refractivity contribution in [1.29, 1.82) is 5.26 Å². The summed E-state index contributed by atoms with van der Waals surface area (Å²) in [5, 5.41) is 20.9. The number of halogens is 5. The number of carboxylic acids is 1. The van der Waals surface area contributed by atoms with E-state index in [0.29, 0.717) is 0 Å². The van der Waals surface area contributed by atoms with Crippen molar-refractivity contribution in [3.8, 4) is 23.4 Å². The summed E-state index contributed by atoms with van der Waals surface area (Å²) in [5.41, 5.74) is -1.75. The number of benzene rings is 1. The lowest BCUT2D eigenvalue weighted by molar-refractivity contribution is -0.144. The zero-order valence-corrected chi connectivity index (χ0v) is 16.3. The highest BCUT2D eigenvalue weighted by Crippen LogP contribution is 2.42. The van der Waals surface area contributed by atoms with E-state index in [1.807, 2.05) is 0 Å². The van der Waals surface area contributed by atoms with Crippen LogP contribution in [0, 0.1) is 11.3 Å². The summed E-state index contributed by atoms with van der Waals surface area (Å²) in [5.74, 6) is -1.88. The van der Waals surface area contributed by atoms with Crippen molar-refractivity contribution in [1.82, 2.24) is 9.78 Å². The topological polar surface area (TPSA) is 97.4 Å². The van der Waals surface area contributed by atoms with Gasteiger partial charge in [0.15, 0.2) is 17.5 Å². The largest absolute Gasteiger partial charge is 0.479 e. The molecule has 7 nitrogen and oxygen atoms in total. The second-order valence-electron chi connectivity index (χ2n) is 5.56. The Hall–Kier alpha value is -2.90. The third kappa shape index (κ3) is 5.13. The van der Waals surface area contributed by atoms with Crippen LogP contribution in [-0.2, 0) is 18.0 Å². The highest BCUT2D eigenvalue weighted by molar-refractivity contribution is 6.36. The number of ether oxygens (including phenoxy) is 2. The van der Waals surface area contributed by atoms with Crippen LogP contribution >= 0.6 is 23.2 Å². The molecule has 29 heavy (non-hydrogen) atoms. The fraction of sp³-hybridized carbons (Fsp3) is 0.235. The Bertz CT molecular complexity index is 1010. The minimum Gasteiger partial charge on any atom is -0.479 e. The first-order chi connectivity index (χ1) is 13.5. The highest BCUT2D eigenvalue weighted by Gasteiger charge is 2.39. The Kier molecular flexibility index (Phi) is 6.66.